The minimum Gasteiger partial charge on any atom is -0.493 e. The maximum absolute atomic E-state index is 10.2. The molecule has 1 saturated heterocycles. The third kappa shape index (κ3) is 2.78. The predicted molar refractivity (Wildman–Crippen MR) is 107 cm³/mol. The number of aromatic nitrogens is 2. The smallest absolute Gasteiger partial charge is 0.129 e. The quantitative estimate of drug-likeness (QED) is 0.841. The van der Waals surface area contributed by atoms with Crippen LogP contribution in [-0.2, 0) is 6.42 Å². The van der Waals surface area contributed by atoms with Gasteiger partial charge < -0.3 is 15.0 Å². The lowest BCUT2D eigenvalue weighted by atomic mass is 9.78. The number of anilines is 1. The van der Waals surface area contributed by atoms with Gasteiger partial charge in [0.05, 0.1) is 30.4 Å². The minimum atomic E-state index is -0.136. The molecule has 5 rings (SSSR count). The van der Waals surface area contributed by atoms with E-state index in [2.05, 4.69) is 51.7 Å². The van der Waals surface area contributed by atoms with Crippen molar-refractivity contribution < 1.29 is 4.74 Å². The van der Waals surface area contributed by atoms with Crippen molar-refractivity contribution in [3.8, 4) is 11.8 Å². The molecule has 0 aliphatic carbocycles. The normalized spacial score (nSPS) is 22.6. The van der Waals surface area contributed by atoms with Crippen molar-refractivity contribution in [2.24, 2.45) is 5.92 Å². The second-order valence-electron chi connectivity index (χ2n) is 8.06. The molecule has 1 unspecified atom stereocenters. The molecule has 0 amide bonds. The molecule has 3 aliphatic heterocycles. The monoisotopic (exact) mass is 375 g/mol. The Bertz CT molecular complexity index is 962. The Morgan fingerprint density at radius 3 is 2.93 bits per heavy atom. The van der Waals surface area contributed by atoms with Gasteiger partial charge in [-0.15, -0.1) is 0 Å². The third-order valence-electron chi connectivity index (χ3n) is 6.34. The van der Waals surface area contributed by atoms with Crippen LogP contribution in [-0.4, -0.2) is 41.8 Å². The summed E-state index contributed by atoms with van der Waals surface area (Å²) in [6, 6.07) is 8.90. The van der Waals surface area contributed by atoms with Crippen molar-refractivity contribution in [1.82, 2.24) is 15.1 Å². The zero-order chi connectivity index (χ0) is 19.1. The van der Waals surface area contributed by atoms with Gasteiger partial charge in [0.25, 0.3) is 0 Å². The maximum atomic E-state index is 10.2. The van der Waals surface area contributed by atoms with Gasteiger partial charge in [-0.1, -0.05) is 18.2 Å². The van der Waals surface area contributed by atoms with Gasteiger partial charge >= 0.3 is 0 Å². The van der Waals surface area contributed by atoms with Crippen molar-refractivity contribution in [2.45, 2.75) is 31.6 Å². The Hall–Kier alpha value is -2.78. The highest BCUT2D eigenvalue weighted by molar-refractivity contribution is 5.67. The first-order valence-corrected chi connectivity index (χ1v) is 10.1. The summed E-state index contributed by atoms with van der Waals surface area (Å²) in [5, 5.41) is 21.1. The summed E-state index contributed by atoms with van der Waals surface area (Å²) in [5.74, 6) is 2.10. The zero-order valence-corrected chi connectivity index (χ0v) is 16.2. The average molecular weight is 375 g/mol. The van der Waals surface area contributed by atoms with Gasteiger partial charge in [0.2, 0.25) is 0 Å². The minimum absolute atomic E-state index is 0.136. The number of fused-ring (bicyclic) bond motifs is 2. The number of allylic oxidation sites excluding steroid dienone is 2. The number of aryl methyl sites for hydroxylation is 1. The van der Waals surface area contributed by atoms with E-state index in [1.54, 1.807) is 0 Å². The van der Waals surface area contributed by atoms with Crippen molar-refractivity contribution in [2.75, 3.05) is 32.1 Å². The number of likely N-dealkylation sites (tertiary alicyclic amines) is 1. The Kier molecular flexibility index (Phi) is 4.33. The van der Waals surface area contributed by atoms with Crippen LogP contribution in [0.4, 0.5) is 5.82 Å². The van der Waals surface area contributed by atoms with Crippen LogP contribution in [0.5, 0.6) is 5.75 Å². The maximum Gasteiger partial charge on any atom is 0.129 e. The summed E-state index contributed by atoms with van der Waals surface area (Å²) in [7, 11) is 2.16. The molecular formula is C22H25N5O. The molecule has 0 spiro atoms. The van der Waals surface area contributed by atoms with Crippen LogP contribution in [0.2, 0.25) is 0 Å². The number of rotatable bonds is 2. The van der Waals surface area contributed by atoms with Crippen molar-refractivity contribution in [1.29, 1.82) is 5.26 Å². The Morgan fingerprint density at radius 1 is 1.25 bits per heavy atom. The molecule has 3 aliphatic rings. The summed E-state index contributed by atoms with van der Waals surface area (Å²) < 4.78 is 6.10. The molecule has 6 nitrogen and oxygen atoms in total. The summed E-state index contributed by atoms with van der Waals surface area (Å²) in [6.07, 6.45) is 6.03. The first-order chi connectivity index (χ1) is 13.8. The fourth-order valence-electron chi connectivity index (χ4n) is 4.84. The molecule has 0 radical (unpaired) electrons. The van der Waals surface area contributed by atoms with Crippen LogP contribution in [0.15, 0.2) is 35.7 Å². The number of nitrogens with one attached hydrogen (secondary N) is 2. The Morgan fingerprint density at radius 2 is 2.11 bits per heavy atom. The first-order valence-electron chi connectivity index (χ1n) is 10.1. The van der Waals surface area contributed by atoms with Gasteiger partial charge in [-0.2, -0.15) is 10.4 Å². The van der Waals surface area contributed by atoms with E-state index in [-0.39, 0.29) is 5.92 Å². The van der Waals surface area contributed by atoms with Crippen molar-refractivity contribution >= 4 is 5.82 Å². The second kappa shape index (κ2) is 6.99. The summed E-state index contributed by atoms with van der Waals surface area (Å²) in [6.45, 7) is 2.85. The van der Waals surface area contributed by atoms with Crippen LogP contribution in [0.1, 0.15) is 41.9 Å². The van der Waals surface area contributed by atoms with E-state index in [9.17, 15) is 5.26 Å². The average Bonchev–Trinajstić information content (AvgIpc) is 3.21. The molecule has 4 heterocycles. The zero-order valence-electron chi connectivity index (χ0n) is 16.2. The molecule has 1 fully saturated rings. The van der Waals surface area contributed by atoms with E-state index in [4.69, 9.17) is 4.74 Å². The Balaban J connectivity index is 1.64. The molecule has 2 aromatic rings. The molecule has 2 N–H and O–H groups in total. The lowest BCUT2D eigenvalue weighted by Gasteiger charge is -2.35. The number of nitrogens with zero attached hydrogens (tertiary/aromatic N) is 3. The summed E-state index contributed by atoms with van der Waals surface area (Å²) in [5.41, 5.74) is 5.22. The topological polar surface area (TPSA) is 77.0 Å². The molecular weight excluding hydrogens is 350 g/mol. The number of nitriles is 1. The summed E-state index contributed by atoms with van der Waals surface area (Å²) >= 11 is 0. The van der Waals surface area contributed by atoms with Crippen LogP contribution in [0.3, 0.4) is 0 Å². The molecule has 0 saturated carbocycles. The Labute approximate surface area is 165 Å². The highest BCUT2D eigenvalue weighted by Gasteiger charge is 2.36. The van der Waals surface area contributed by atoms with Gasteiger partial charge in [0.1, 0.15) is 11.6 Å². The number of piperidine rings is 1. The first kappa shape index (κ1) is 17.3. The standard InChI is InChI=1S/C22H25N5O/c1-27-9-7-14(8-10-27)20-17(12-23)19(18-13-24-26-22(18)25-20)16-6-2-4-15-5-3-11-28-21(15)16/h2,4,6,13-14,19H,3,5,7-11H2,1H3,(H2,24,25,26). The van der Waals surface area contributed by atoms with Crippen molar-refractivity contribution in [3.05, 3.63) is 52.4 Å². The van der Waals surface area contributed by atoms with Crippen molar-refractivity contribution in [3.63, 3.8) is 0 Å². The fourth-order valence-corrected chi connectivity index (χ4v) is 4.84. The van der Waals surface area contributed by atoms with Gasteiger partial charge in [-0.25, -0.2) is 0 Å². The largest absolute Gasteiger partial charge is 0.493 e. The number of hydrogen-bond acceptors (Lipinski definition) is 5. The lowest BCUT2D eigenvalue weighted by molar-refractivity contribution is 0.238. The number of H-pyrrole nitrogens is 1. The second-order valence-corrected chi connectivity index (χ2v) is 8.06. The van der Waals surface area contributed by atoms with E-state index >= 15 is 0 Å². The number of para-hydroxylation sites is 1. The molecule has 144 valence electrons. The number of hydrogen-bond donors (Lipinski definition) is 2. The van der Waals surface area contributed by atoms with E-state index in [1.165, 1.54) is 5.56 Å². The van der Waals surface area contributed by atoms with Crippen LogP contribution < -0.4 is 10.1 Å². The number of aromatic amines is 1. The molecule has 0 bridgehead atoms. The van der Waals surface area contributed by atoms with Crippen LogP contribution >= 0.6 is 0 Å². The molecule has 1 aromatic heterocycles. The van der Waals surface area contributed by atoms with E-state index in [0.29, 0.717) is 5.92 Å². The van der Waals surface area contributed by atoms with Gasteiger partial charge in [-0.3, -0.25) is 5.10 Å². The molecule has 6 heteroatoms. The van der Waals surface area contributed by atoms with E-state index in [0.717, 1.165) is 79.3 Å². The van der Waals surface area contributed by atoms with E-state index in [1.807, 2.05) is 6.20 Å². The molecule has 1 atom stereocenters. The van der Waals surface area contributed by atoms with Crippen LogP contribution in [0.25, 0.3) is 0 Å². The number of ether oxygens (including phenoxy) is 1. The van der Waals surface area contributed by atoms with Crippen LogP contribution in [0, 0.1) is 17.2 Å². The van der Waals surface area contributed by atoms with Gasteiger partial charge in [0, 0.05) is 22.7 Å². The SMILES string of the molecule is CN1CCC(C2=C(C#N)C(c3cccc4c3OCCC4)c3cn[nH]c3N2)CC1. The van der Waals surface area contributed by atoms with Gasteiger partial charge in [-0.05, 0) is 51.4 Å². The highest BCUT2D eigenvalue weighted by Crippen LogP contribution is 2.47. The highest BCUT2D eigenvalue weighted by atomic mass is 16.5. The van der Waals surface area contributed by atoms with Gasteiger partial charge in [0.15, 0.2) is 0 Å². The fraction of sp³-hybridized carbons (Fsp3) is 0.455. The summed E-state index contributed by atoms with van der Waals surface area (Å²) in [4.78, 5) is 2.35. The third-order valence-corrected chi connectivity index (χ3v) is 6.34. The molecule has 1 aromatic carbocycles. The number of benzene rings is 1. The molecule has 28 heavy (non-hydrogen) atoms. The van der Waals surface area contributed by atoms with E-state index < -0.39 is 0 Å². The lowest BCUT2D eigenvalue weighted by Crippen LogP contribution is -2.34. The predicted octanol–water partition coefficient (Wildman–Crippen LogP) is 3.41.